The van der Waals surface area contributed by atoms with Crippen molar-refractivity contribution in [2.75, 3.05) is 9.91 Å². The summed E-state index contributed by atoms with van der Waals surface area (Å²) >= 11 is 1.45. The summed E-state index contributed by atoms with van der Waals surface area (Å²) in [7, 11) is 0. The molecule has 2 heterocycles. The topological polar surface area (TPSA) is 91.9 Å². The molecule has 10 heteroatoms. The van der Waals surface area contributed by atoms with Crippen LogP contribution in [0.15, 0.2) is 59.0 Å². The Bertz CT molecular complexity index is 1180. The molecular formula is C22H19F2N5O2S. The molecule has 2 amide bonds. The quantitative estimate of drug-likeness (QED) is 0.617. The molecule has 0 saturated heterocycles. The van der Waals surface area contributed by atoms with Crippen LogP contribution in [0, 0.1) is 18.6 Å². The highest BCUT2D eigenvalue weighted by Gasteiger charge is 2.37. The molecule has 0 spiro atoms. The van der Waals surface area contributed by atoms with Crippen molar-refractivity contribution in [1.82, 2.24) is 4.98 Å². The van der Waals surface area contributed by atoms with Gasteiger partial charge in [0.25, 0.3) is 5.91 Å². The number of hydrogen-bond donors (Lipinski definition) is 1. The van der Waals surface area contributed by atoms with Crippen molar-refractivity contribution in [3.63, 3.8) is 0 Å². The third-order valence-electron chi connectivity index (χ3n) is 4.95. The van der Waals surface area contributed by atoms with Gasteiger partial charge in [-0.3, -0.25) is 14.6 Å². The fourth-order valence-corrected chi connectivity index (χ4v) is 4.00. The number of aryl methyl sites for hydroxylation is 1. The summed E-state index contributed by atoms with van der Waals surface area (Å²) < 4.78 is 26.8. The van der Waals surface area contributed by atoms with Gasteiger partial charge in [0.2, 0.25) is 5.91 Å². The number of nitrogens with two attached hydrogens (primary N) is 1. The van der Waals surface area contributed by atoms with Crippen molar-refractivity contribution in [3.8, 4) is 0 Å². The van der Waals surface area contributed by atoms with E-state index in [0.717, 1.165) is 5.01 Å². The minimum atomic E-state index is -0.893. The maximum Gasteiger partial charge on any atom is 0.274 e. The van der Waals surface area contributed by atoms with Gasteiger partial charge in [0, 0.05) is 17.5 Å². The van der Waals surface area contributed by atoms with Gasteiger partial charge in [-0.25, -0.2) is 13.8 Å². The van der Waals surface area contributed by atoms with E-state index in [-0.39, 0.29) is 18.7 Å². The minimum Gasteiger partial charge on any atom is -0.368 e. The van der Waals surface area contributed by atoms with Crippen molar-refractivity contribution in [2.45, 2.75) is 25.9 Å². The zero-order valence-electron chi connectivity index (χ0n) is 17.0. The molecule has 0 aliphatic carbocycles. The molecule has 1 atom stereocenters. The Morgan fingerprint density at radius 2 is 1.75 bits per heavy atom. The summed E-state index contributed by atoms with van der Waals surface area (Å²) in [5.41, 5.74) is 7.21. The van der Waals surface area contributed by atoms with Crippen LogP contribution in [-0.4, -0.2) is 28.6 Å². The van der Waals surface area contributed by atoms with E-state index < -0.39 is 29.5 Å². The Morgan fingerprint density at radius 1 is 1.12 bits per heavy atom. The van der Waals surface area contributed by atoms with Gasteiger partial charge < -0.3 is 10.6 Å². The highest BCUT2D eigenvalue weighted by molar-refractivity contribution is 7.09. The SMILES string of the molecule is Cc1nc(CN(C(=O)C2=NN(c3ccc(F)cc3)C(C(N)=O)C2)c2ccc(F)cc2)cs1. The van der Waals surface area contributed by atoms with E-state index in [1.807, 2.05) is 12.3 Å². The second kappa shape index (κ2) is 8.83. The van der Waals surface area contributed by atoms with Gasteiger partial charge in [-0.2, -0.15) is 5.10 Å². The van der Waals surface area contributed by atoms with Crippen LogP contribution in [0.5, 0.6) is 0 Å². The first-order valence-electron chi connectivity index (χ1n) is 9.72. The van der Waals surface area contributed by atoms with E-state index >= 15 is 0 Å². The molecule has 0 bridgehead atoms. The first-order valence-corrected chi connectivity index (χ1v) is 10.6. The minimum absolute atomic E-state index is 0.0146. The number of hydrazone groups is 1. The monoisotopic (exact) mass is 455 g/mol. The fraction of sp³-hybridized carbons (Fsp3) is 0.182. The highest BCUT2D eigenvalue weighted by Crippen LogP contribution is 2.27. The Morgan fingerprint density at radius 3 is 2.31 bits per heavy atom. The molecule has 2 N–H and O–H groups in total. The first kappa shape index (κ1) is 21.6. The van der Waals surface area contributed by atoms with E-state index in [9.17, 15) is 18.4 Å². The second-order valence-corrected chi connectivity index (χ2v) is 8.28. The molecule has 7 nitrogen and oxygen atoms in total. The van der Waals surface area contributed by atoms with Gasteiger partial charge in [-0.15, -0.1) is 11.3 Å². The lowest BCUT2D eigenvalue weighted by Gasteiger charge is -2.22. The standard InChI is InChI=1S/C22H19F2N5O2S/c1-13-26-16(12-32-13)11-28(17-6-2-14(23)3-7-17)22(31)19-10-20(21(25)30)29(27-19)18-8-4-15(24)5-9-18/h2-9,12,20H,10-11H2,1H3,(H2,25,30). The average Bonchev–Trinajstić information content (AvgIpc) is 3.39. The van der Waals surface area contributed by atoms with Crippen molar-refractivity contribution < 1.29 is 18.4 Å². The molecule has 1 aromatic heterocycles. The summed E-state index contributed by atoms with van der Waals surface area (Å²) in [5.74, 6) is -1.99. The van der Waals surface area contributed by atoms with E-state index in [1.54, 1.807) is 0 Å². The lowest BCUT2D eigenvalue weighted by Crippen LogP contribution is -2.40. The fourth-order valence-electron chi connectivity index (χ4n) is 3.39. The molecule has 0 radical (unpaired) electrons. The normalized spacial score (nSPS) is 15.5. The van der Waals surface area contributed by atoms with Crippen LogP contribution in [0.2, 0.25) is 0 Å². The summed E-state index contributed by atoms with van der Waals surface area (Å²) in [4.78, 5) is 31.4. The van der Waals surface area contributed by atoms with Crippen LogP contribution >= 0.6 is 11.3 Å². The summed E-state index contributed by atoms with van der Waals surface area (Å²) in [5, 5.41) is 8.36. The number of primary amides is 1. The van der Waals surface area contributed by atoms with E-state index in [1.165, 1.54) is 69.8 Å². The van der Waals surface area contributed by atoms with Gasteiger partial charge in [-0.05, 0) is 55.5 Å². The molecule has 1 unspecified atom stereocenters. The van der Waals surface area contributed by atoms with E-state index in [2.05, 4.69) is 10.1 Å². The van der Waals surface area contributed by atoms with Gasteiger partial charge in [0.1, 0.15) is 23.4 Å². The van der Waals surface area contributed by atoms with Gasteiger partial charge in [0.05, 0.1) is 22.9 Å². The number of nitrogens with zero attached hydrogens (tertiary/aromatic N) is 4. The number of halogens is 2. The van der Waals surface area contributed by atoms with Gasteiger partial charge in [-0.1, -0.05) is 0 Å². The summed E-state index contributed by atoms with van der Waals surface area (Å²) in [6.45, 7) is 2.00. The third-order valence-corrected chi connectivity index (χ3v) is 5.77. The van der Waals surface area contributed by atoms with E-state index in [4.69, 9.17) is 5.73 Å². The smallest absolute Gasteiger partial charge is 0.274 e. The Kier molecular flexibility index (Phi) is 5.95. The second-order valence-electron chi connectivity index (χ2n) is 7.22. The first-order chi connectivity index (χ1) is 15.3. The number of aromatic nitrogens is 1. The molecular weight excluding hydrogens is 436 g/mol. The lowest BCUT2D eigenvalue weighted by molar-refractivity contribution is -0.119. The molecule has 2 aromatic carbocycles. The van der Waals surface area contributed by atoms with Crippen molar-refractivity contribution in [3.05, 3.63) is 76.2 Å². The zero-order chi connectivity index (χ0) is 22.8. The predicted molar refractivity (Wildman–Crippen MR) is 118 cm³/mol. The van der Waals surface area contributed by atoms with Crippen molar-refractivity contribution in [1.29, 1.82) is 0 Å². The predicted octanol–water partition coefficient (Wildman–Crippen LogP) is 3.38. The largest absolute Gasteiger partial charge is 0.368 e. The number of amides is 2. The zero-order valence-corrected chi connectivity index (χ0v) is 17.9. The lowest BCUT2D eigenvalue weighted by atomic mass is 10.1. The van der Waals surface area contributed by atoms with E-state index in [0.29, 0.717) is 17.1 Å². The van der Waals surface area contributed by atoms with Gasteiger partial charge in [0.15, 0.2) is 0 Å². The van der Waals surface area contributed by atoms with Crippen LogP contribution in [0.3, 0.4) is 0 Å². The van der Waals surface area contributed by atoms with Crippen LogP contribution in [0.25, 0.3) is 0 Å². The molecule has 3 aromatic rings. The maximum absolute atomic E-state index is 13.5. The Balaban J connectivity index is 1.68. The van der Waals surface area contributed by atoms with Crippen LogP contribution in [-0.2, 0) is 16.1 Å². The molecule has 0 saturated carbocycles. The van der Waals surface area contributed by atoms with Crippen molar-refractivity contribution >= 4 is 40.2 Å². The van der Waals surface area contributed by atoms with Crippen LogP contribution in [0.1, 0.15) is 17.1 Å². The summed E-state index contributed by atoms with van der Waals surface area (Å²) in [6, 6.07) is 9.99. The molecule has 0 fully saturated rings. The van der Waals surface area contributed by atoms with Crippen LogP contribution < -0.4 is 15.6 Å². The number of rotatable bonds is 6. The van der Waals surface area contributed by atoms with Crippen molar-refractivity contribution in [2.24, 2.45) is 10.8 Å². The number of carbonyl (C=O) groups excluding carboxylic acids is 2. The molecule has 164 valence electrons. The molecule has 32 heavy (non-hydrogen) atoms. The number of anilines is 2. The van der Waals surface area contributed by atoms with Crippen LogP contribution in [0.4, 0.5) is 20.2 Å². The van der Waals surface area contributed by atoms with Gasteiger partial charge >= 0.3 is 0 Å². The Hall–Kier alpha value is -3.66. The maximum atomic E-state index is 13.5. The molecule has 1 aliphatic heterocycles. The summed E-state index contributed by atoms with van der Waals surface area (Å²) in [6.07, 6.45) is -0.0146. The number of carbonyl (C=O) groups is 2. The molecule has 4 rings (SSSR count). The highest BCUT2D eigenvalue weighted by atomic mass is 32.1. The Labute approximate surface area is 186 Å². The third kappa shape index (κ3) is 4.50. The number of thiazole rings is 1. The number of benzene rings is 2. The molecule has 1 aliphatic rings. The average molecular weight is 455 g/mol. The number of hydrogen-bond acceptors (Lipinski definition) is 6.